The van der Waals surface area contributed by atoms with Gasteiger partial charge in [0.25, 0.3) is 0 Å². The van der Waals surface area contributed by atoms with Crippen LogP contribution in [0.2, 0.25) is 0 Å². The number of rotatable bonds is 10. The molecule has 1 saturated heterocycles. The van der Waals surface area contributed by atoms with Crippen molar-refractivity contribution in [2.45, 2.75) is 38.8 Å². The zero-order valence-corrected chi connectivity index (χ0v) is 19.2. The highest BCUT2D eigenvalue weighted by atomic mass is 19.1. The van der Waals surface area contributed by atoms with E-state index in [2.05, 4.69) is 10.2 Å². The van der Waals surface area contributed by atoms with Crippen molar-refractivity contribution in [1.82, 2.24) is 10.2 Å². The Kier molecular flexibility index (Phi) is 8.73. The number of carbonyl (C=O) groups excluding carboxylic acids is 1. The van der Waals surface area contributed by atoms with Crippen molar-refractivity contribution >= 4 is 5.91 Å². The lowest BCUT2D eigenvalue weighted by molar-refractivity contribution is -0.121. The van der Waals surface area contributed by atoms with Crippen molar-refractivity contribution in [3.63, 3.8) is 0 Å². The summed E-state index contributed by atoms with van der Waals surface area (Å²) in [5.41, 5.74) is 1.59. The number of piperidine rings is 1. The lowest BCUT2D eigenvalue weighted by atomic mass is 9.93. The average molecular weight is 445 g/mol. The molecule has 174 valence electrons. The van der Waals surface area contributed by atoms with Crippen LogP contribution in [0.25, 0.3) is 0 Å². The molecule has 1 aliphatic rings. The van der Waals surface area contributed by atoms with Gasteiger partial charge in [-0.05, 0) is 49.9 Å². The molecule has 2 aromatic rings. The maximum Gasteiger partial charge on any atom is 0.220 e. The number of nitrogens with one attached hydrogen (secondary N) is 1. The first-order valence-corrected chi connectivity index (χ1v) is 11.0. The van der Waals surface area contributed by atoms with Crippen molar-refractivity contribution in [3.8, 4) is 17.2 Å². The quantitative estimate of drug-likeness (QED) is 0.596. The van der Waals surface area contributed by atoms with E-state index in [9.17, 15) is 9.18 Å². The Morgan fingerprint density at radius 1 is 1.06 bits per heavy atom. The summed E-state index contributed by atoms with van der Waals surface area (Å²) >= 11 is 0. The van der Waals surface area contributed by atoms with Crippen LogP contribution in [-0.4, -0.2) is 45.2 Å². The lowest BCUT2D eigenvalue weighted by Gasteiger charge is -2.32. The Bertz CT molecular complexity index is 906. The molecule has 0 bridgehead atoms. The first kappa shape index (κ1) is 23.9. The number of benzene rings is 2. The standard InChI is InChI=1S/C25H33FN2O4/c1-30-21-10-8-20(23(26)13-21)17-28-12-4-5-18(16-28)6-11-25(29)27-15-19-7-9-22(31-2)14-24(19)32-3/h7-10,13-14,18H,4-6,11-12,15-17H2,1-3H3,(H,27,29)/t18-/m1/s1. The van der Waals surface area contributed by atoms with Gasteiger partial charge in [0, 0.05) is 49.3 Å². The van der Waals surface area contributed by atoms with Crippen molar-refractivity contribution in [3.05, 3.63) is 53.3 Å². The Morgan fingerprint density at radius 2 is 1.78 bits per heavy atom. The number of likely N-dealkylation sites (tertiary alicyclic amines) is 1. The second-order valence-electron chi connectivity index (χ2n) is 8.19. The zero-order valence-electron chi connectivity index (χ0n) is 19.2. The van der Waals surface area contributed by atoms with Gasteiger partial charge in [0.1, 0.15) is 23.1 Å². The lowest BCUT2D eigenvalue weighted by Crippen LogP contribution is -2.35. The zero-order chi connectivity index (χ0) is 22.9. The van der Waals surface area contributed by atoms with E-state index in [1.165, 1.54) is 13.2 Å². The molecular weight excluding hydrogens is 411 g/mol. The second kappa shape index (κ2) is 11.7. The summed E-state index contributed by atoms with van der Waals surface area (Å²) in [5.74, 6) is 2.17. The molecular formula is C25H33FN2O4. The first-order chi connectivity index (χ1) is 15.5. The van der Waals surface area contributed by atoms with Gasteiger partial charge in [-0.1, -0.05) is 6.07 Å². The van der Waals surface area contributed by atoms with Crippen LogP contribution in [0.5, 0.6) is 17.2 Å². The second-order valence-corrected chi connectivity index (χ2v) is 8.19. The highest BCUT2D eigenvalue weighted by molar-refractivity contribution is 5.75. The normalized spacial score (nSPS) is 16.4. The van der Waals surface area contributed by atoms with Gasteiger partial charge < -0.3 is 19.5 Å². The highest BCUT2D eigenvalue weighted by Gasteiger charge is 2.21. The smallest absolute Gasteiger partial charge is 0.220 e. The molecule has 1 heterocycles. The van der Waals surface area contributed by atoms with Crippen molar-refractivity contribution < 1.29 is 23.4 Å². The van der Waals surface area contributed by atoms with E-state index in [1.807, 2.05) is 18.2 Å². The minimum atomic E-state index is -0.236. The van der Waals surface area contributed by atoms with Crippen LogP contribution in [0, 0.1) is 11.7 Å². The number of nitrogens with zero attached hydrogens (tertiary/aromatic N) is 1. The molecule has 1 aliphatic heterocycles. The van der Waals surface area contributed by atoms with Gasteiger partial charge in [-0.2, -0.15) is 0 Å². The van der Waals surface area contributed by atoms with E-state index in [0.29, 0.717) is 48.2 Å². The molecule has 0 saturated carbocycles. The summed E-state index contributed by atoms with van der Waals surface area (Å²) in [6.07, 6.45) is 3.47. The topological polar surface area (TPSA) is 60.0 Å². The van der Waals surface area contributed by atoms with Gasteiger partial charge in [0.2, 0.25) is 5.91 Å². The molecule has 6 nitrogen and oxygen atoms in total. The van der Waals surface area contributed by atoms with E-state index in [4.69, 9.17) is 14.2 Å². The predicted molar refractivity (Wildman–Crippen MR) is 122 cm³/mol. The van der Waals surface area contributed by atoms with Crippen molar-refractivity contribution in [1.29, 1.82) is 0 Å². The number of amides is 1. The van der Waals surface area contributed by atoms with E-state index < -0.39 is 0 Å². The fourth-order valence-electron chi connectivity index (χ4n) is 4.17. The third kappa shape index (κ3) is 6.60. The Morgan fingerprint density at radius 3 is 2.47 bits per heavy atom. The Hall–Kier alpha value is -2.80. The van der Waals surface area contributed by atoms with E-state index in [-0.39, 0.29) is 11.7 Å². The van der Waals surface area contributed by atoms with E-state index >= 15 is 0 Å². The number of hydrogen-bond donors (Lipinski definition) is 1. The molecule has 0 aromatic heterocycles. The summed E-state index contributed by atoms with van der Waals surface area (Å²) in [5, 5.41) is 2.99. The SMILES string of the molecule is COc1ccc(CN2CCC[C@H](CCC(=O)NCc3ccc(OC)cc3OC)C2)c(F)c1. The van der Waals surface area contributed by atoms with Crippen molar-refractivity contribution in [2.24, 2.45) is 5.92 Å². The molecule has 2 aromatic carbocycles. The average Bonchev–Trinajstić information content (AvgIpc) is 2.82. The van der Waals surface area contributed by atoms with E-state index in [0.717, 1.165) is 37.9 Å². The van der Waals surface area contributed by atoms with Crippen LogP contribution in [0.1, 0.15) is 36.8 Å². The van der Waals surface area contributed by atoms with Gasteiger partial charge in [-0.25, -0.2) is 4.39 Å². The largest absolute Gasteiger partial charge is 0.497 e. The van der Waals surface area contributed by atoms with Gasteiger partial charge in [0.15, 0.2) is 0 Å². The number of halogens is 1. The Balaban J connectivity index is 1.45. The maximum atomic E-state index is 14.3. The molecule has 1 amide bonds. The van der Waals surface area contributed by atoms with Crippen LogP contribution < -0.4 is 19.5 Å². The Labute approximate surface area is 189 Å². The molecule has 7 heteroatoms. The monoisotopic (exact) mass is 444 g/mol. The summed E-state index contributed by atoms with van der Waals surface area (Å²) in [7, 11) is 4.75. The maximum absolute atomic E-state index is 14.3. The molecule has 0 aliphatic carbocycles. The fraction of sp³-hybridized carbons (Fsp3) is 0.480. The molecule has 32 heavy (non-hydrogen) atoms. The van der Waals surface area contributed by atoms with Crippen LogP contribution in [0.3, 0.4) is 0 Å². The van der Waals surface area contributed by atoms with Crippen molar-refractivity contribution in [2.75, 3.05) is 34.4 Å². The third-order valence-corrected chi connectivity index (χ3v) is 6.01. The predicted octanol–water partition coefficient (Wildman–Crippen LogP) is 4.16. The number of methoxy groups -OCH3 is 3. The van der Waals surface area contributed by atoms with Gasteiger partial charge in [-0.15, -0.1) is 0 Å². The van der Waals surface area contributed by atoms with Crippen LogP contribution in [0.15, 0.2) is 36.4 Å². The van der Waals surface area contributed by atoms with Crippen LogP contribution in [-0.2, 0) is 17.9 Å². The highest BCUT2D eigenvalue weighted by Crippen LogP contribution is 2.26. The molecule has 0 unspecified atom stereocenters. The van der Waals surface area contributed by atoms with Gasteiger partial charge >= 0.3 is 0 Å². The molecule has 0 radical (unpaired) electrons. The van der Waals surface area contributed by atoms with Gasteiger partial charge in [0.05, 0.1) is 21.3 Å². The summed E-state index contributed by atoms with van der Waals surface area (Å²) in [6, 6.07) is 10.6. The summed E-state index contributed by atoms with van der Waals surface area (Å²) < 4.78 is 30.0. The van der Waals surface area contributed by atoms with Crippen LogP contribution in [0.4, 0.5) is 4.39 Å². The molecule has 1 fully saturated rings. The summed E-state index contributed by atoms with van der Waals surface area (Å²) in [4.78, 5) is 14.7. The third-order valence-electron chi connectivity index (χ3n) is 6.01. The fourth-order valence-corrected chi connectivity index (χ4v) is 4.17. The molecule has 1 atom stereocenters. The number of carbonyl (C=O) groups is 1. The molecule has 0 spiro atoms. The summed E-state index contributed by atoms with van der Waals surface area (Å²) in [6.45, 7) is 2.83. The number of ether oxygens (including phenoxy) is 3. The van der Waals surface area contributed by atoms with Crippen LogP contribution >= 0.6 is 0 Å². The number of hydrogen-bond acceptors (Lipinski definition) is 5. The molecule has 3 rings (SSSR count). The first-order valence-electron chi connectivity index (χ1n) is 11.0. The minimum Gasteiger partial charge on any atom is -0.497 e. The molecule has 1 N–H and O–H groups in total. The minimum absolute atomic E-state index is 0.0289. The van der Waals surface area contributed by atoms with Gasteiger partial charge in [-0.3, -0.25) is 9.69 Å². The van der Waals surface area contributed by atoms with E-state index in [1.54, 1.807) is 26.4 Å².